The van der Waals surface area contributed by atoms with Gasteiger partial charge in [0.05, 0.1) is 0 Å². The highest BCUT2D eigenvalue weighted by Gasteiger charge is 2.05. The number of hydrogen-bond donors (Lipinski definition) is 2. The first-order chi connectivity index (χ1) is 14.2. The molecule has 0 unspecified atom stereocenters. The summed E-state index contributed by atoms with van der Waals surface area (Å²) in [5, 5.41) is 19.6. The van der Waals surface area contributed by atoms with Crippen LogP contribution in [0.3, 0.4) is 0 Å². The molecule has 5 nitrogen and oxygen atoms in total. The first-order valence-electron chi connectivity index (χ1n) is 8.97. The third-order valence-corrected chi connectivity index (χ3v) is 4.07. The minimum Gasteiger partial charge on any atom is -0.504 e. The SMILES string of the molecule is Oc1ccccc1Oc1ccc(Oc2ccc(Oc3ccccc3O)cc2)cc1. The molecule has 0 amide bonds. The zero-order valence-corrected chi connectivity index (χ0v) is 15.4. The number of para-hydroxylation sites is 4. The van der Waals surface area contributed by atoms with Crippen molar-refractivity contribution in [2.24, 2.45) is 0 Å². The van der Waals surface area contributed by atoms with Gasteiger partial charge < -0.3 is 24.4 Å². The Morgan fingerprint density at radius 1 is 0.379 bits per heavy atom. The van der Waals surface area contributed by atoms with Crippen molar-refractivity contribution in [3.05, 3.63) is 97.1 Å². The molecular weight excluding hydrogens is 368 g/mol. The van der Waals surface area contributed by atoms with Gasteiger partial charge in [0, 0.05) is 0 Å². The summed E-state index contributed by atoms with van der Waals surface area (Å²) in [6.45, 7) is 0. The second kappa shape index (κ2) is 8.27. The first-order valence-corrected chi connectivity index (χ1v) is 8.97. The lowest BCUT2D eigenvalue weighted by Gasteiger charge is -2.10. The number of benzene rings is 4. The fraction of sp³-hybridized carbons (Fsp3) is 0. The summed E-state index contributed by atoms with van der Waals surface area (Å²) in [6.07, 6.45) is 0. The minimum absolute atomic E-state index is 0.0824. The number of phenolic OH excluding ortho intramolecular Hbond substituents is 2. The Balaban J connectivity index is 1.39. The maximum atomic E-state index is 9.78. The predicted octanol–water partition coefficient (Wildman–Crippen LogP) is 6.47. The van der Waals surface area contributed by atoms with Crippen molar-refractivity contribution in [2.75, 3.05) is 0 Å². The number of aromatic hydroxyl groups is 2. The van der Waals surface area contributed by atoms with Crippen LogP contribution in [0.1, 0.15) is 0 Å². The lowest BCUT2D eigenvalue weighted by atomic mass is 10.3. The van der Waals surface area contributed by atoms with Crippen molar-refractivity contribution < 1.29 is 24.4 Å². The molecule has 2 N–H and O–H groups in total. The average molecular weight is 386 g/mol. The summed E-state index contributed by atoms with van der Waals surface area (Å²) < 4.78 is 17.1. The van der Waals surface area contributed by atoms with E-state index in [1.54, 1.807) is 97.1 Å². The van der Waals surface area contributed by atoms with Crippen LogP contribution >= 0.6 is 0 Å². The molecule has 144 valence electrons. The van der Waals surface area contributed by atoms with Crippen molar-refractivity contribution in [3.63, 3.8) is 0 Å². The van der Waals surface area contributed by atoms with Gasteiger partial charge in [-0.3, -0.25) is 0 Å². The van der Waals surface area contributed by atoms with Crippen molar-refractivity contribution >= 4 is 0 Å². The second-order valence-corrected chi connectivity index (χ2v) is 6.18. The van der Waals surface area contributed by atoms with Crippen molar-refractivity contribution in [2.45, 2.75) is 0 Å². The Morgan fingerprint density at radius 3 is 1.03 bits per heavy atom. The molecule has 0 aliphatic heterocycles. The van der Waals surface area contributed by atoms with Gasteiger partial charge in [-0.1, -0.05) is 24.3 Å². The van der Waals surface area contributed by atoms with Crippen LogP contribution < -0.4 is 14.2 Å². The Labute approximate surface area is 168 Å². The fourth-order valence-electron chi connectivity index (χ4n) is 2.63. The highest BCUT2D eigenvalue weighted by Crippen LogP contribution is 2.33. The molecule has 4 aromatic rings. The third kappa shape index (κ3) is 4.59. The van der Waals surface area contributed by atoms with E-state index in [0.717, 1.165) is 0 Å². The zero-order valence-electron chi connectivity index (χ0n) is 15.4. The molecule has 0 fully saturated rings. The number of rotatable bonds is 6. The van der Waals surface area contributed by atoms with E-state index in [1.807, 2.05) is 0 Å². The van der Waals surface area contributed by atoms with Gasteiger partial charge in [-0.15, -0.1) is 0 Å². The lowest BCUT2D eigenvalue weighted by Crippen LogP contribution is -1.88. The van der Waals surface area contributed by atoms with Gasteiger partial charge in [0.2, 0.25) is 0 Å². The molecule has 0 bridgehead atoms. The predicted molar refractivity (Wildman–Crippen MR) is 109 cm³/mol. The Morgan fingerprint density at radius 2 is 0.690 bits per heavy atom. The Hall–Kier alpha value is -4.12. The summed E-state index contributed by atoms with van der Waals surface area (Å²) in [5.74, 6) is 3.41. The normalized spacial score (nSPS) is 10.3. The zero-order chi connectivity index (χ0) is 20.1. The number of ether oxygens (including phenoxy) is 3. The molecule has 0 heterocycles. The topological polar surface area (TPSA) is 68.2 Å². The van der Waals surface area contributed by atoms with Gasteiger partial charge in [-0.25, -0.2) is 0 Å². The van der Waals surface area contributed by atoms with Gasteiger partial charge in [-0.2, -0.15) is 0 Å². The van der Waals surface area contributed by atoms with E-state index in [9.17, 15) is 10.2 Å². The molecule has 4 rings (SSSR count). The molecule has 0 saturated carbocycles. The summed E-state index contributed by atoms with van der Waals surface area (Å²) in [4.78, 5) is 0. The van der Waals surface area contributed by atoms with Crippen LogP contribution in [0.15, 0.2) is 97.1 Å². The van der Waals surface area contributed by atoms with Gasteiger partial charge in [0.1, 0.15) is 23.0 Å². The van der Waals surface area contributed by atoms with E-state index < -0.39 is 0 Å². The van der Waals surface area contributed by atoms with Crippen LogP contribution in [-0.4, -0.2) is 10.2 Å². The largest absolute Gasteiger partial charge is 0.504 e. The standard InChI is InChI=1S/C24H18O5/c25-21-5-1-3-7-23(21)28-19-13-9-17(10-14-19)27-18-11-15-20(16-12-18)29-24-8-4-2-6-22(24)26/h1-16,25-26H. The first kappa shape index (κ1) is 18.3. The highest BCUT2D eigenvalue weighted by molar-refractivity contribution is 5.45. The molecule has 0 aliphatic carbocycles. The van der Waals surface area contributed by atoms with Crippen molar-refractivity contribution in [1.82, 2.24) is 0 Å². The molecule has 5 heteroatoms. The van der Waals surface area contributed by atoms with E-state index in [0.29, 0.717) is 34.5 Å². The number of hydrogen-bond acceptors (Lipinski definition) is 5. The van der Waals surface area contributed by atoms with Gasteiger partial charge >= 0.3 is 0 Å². The molecular formula is C24H18O5. The fourth-order valence-corrected chi connectivity index (χ4v) is 2.63. The van der Waals surface area contributed by atoms with E-state index in [4.69, 9.17) is 14.2 Å². The van der Waals surface area contributed by atoms with E-state index >= 15 is 0 Å². The second-order valence-electron chi connectivity index (χ2n) is 6.18. The molecule has 29 heavy (non-hydrogen) atoms. The van der Waals surface area contributed by atoms with E-state index in [2.05, 4.69) is 0 Å². The molecule has 0 radical (unpaired) electrons. The quantitative estimate of drug-likeness (QED) is 0.397. The van der Waals surface area contributed by atoms with Gasteiger partial charge in [-0.05, 0) is 72.8 Å². The van der Waals surface area contributed by atoms with Gasteiger partial charge in [0.15, 0.2) is 23.0 Å². The monoisotopic (exact) mass is 386 g/mol. The van der Waals surface area contributed by atoms with Crippen LogP contribution in [0.4, 0.5) is 0 Å². The van der Waals surface area contributed by atoms with Crippen molar-refractivity contribution in [1.29, 1.82) is 0 Å². The van der Waals surface area contributed by atoms with Crippen LogP contribution in [0.25, 0.3) is 0 Å². The summed E-state index contributed by atoms with van der Waals surface area (Å²) in [5.41, 5.74) is 0. The van der Waals surface area contributed by atoms with E-state index in [1.165, 1.54) is 0 Å². The smallest absolute Gasteiger partial charge is 0.169 e. The molecule has 0 saturated heterocycles. The maximum absolute atomic E-state index is 9.78. The summed E-state index contributed by atoms with van der Waals surface area (Å²) in [6, 6.07) is 27.7. The van der Waals surface area contributed by atoms with E-state index in [-0.39, 0.29) is 11.5 Å². The van der Waals surface area contributed by atoms with Crippen LogP contribution in [0.2, 0.25) is 0 Å². The van der Waals surface area contributed by atoms with Gasteiger partial charge in [0.25, 0.3) is 0 Å². The van der Waals surface area contributed by atoms with Crippen LogP contribution in [0, 0.1) is 0 Å². The molecule has 0 aliphatic rings. The third-order valence-electron chi connectivity index (χ3n) is 4.07. The average Bonchev–Trinajstić information content (AvgIpc) is 2.74. The molecule has 0 spiro atoms. The van der Waals surface area contributed by atoms with Crippen LogP contribution in [0.5, 0.6) is 46.0 Å². The Kier molecular flexibility index (Phi) is 5.21. The molecule has 0 aromatic heterocycles. The molecule has 4 aromatic carbocycles. The van der Waals surface area contributed by atoms with Crippen molar-refractivity contribution in [3.8, 4) is 46.0 Å². The Bertz CT molecular complexity index is 1000. The molecule has 0 atom stereocenters. The van der Waals surface area contributed by atoms with Crippen LogP contribution in [-0.2, 0) is 0 Å². The number of phenols is 2. The lowest BCUT2D eigenvalue weighted by molar-refractivity contribution is 0.409. The maximum Gasteiger partial charge on any atom is 0.169 e. The summed E-state index contributed by atoms with van der Waals surface area (Å²) in [7, 11) is 0. The summed E-state index contributed by atoms with van der Waals surface area (Å²) >= 11 is 0. The highest BCUT2D eigenvalue weighted by atomic mass is 16.5. The minimum atomic E-state index is 0.0824.